The molecule has 0 atom stereocenters. The van der Waals surface area contributed by atoms with Crippen LogP contribution in [0.2, 0.25) is 0 Å². The number of nitrogens with one attached hydrogen (secondary N) is 2. The van der Waals surface area contributed by atoms with Crippen molar-refractivity contribution in [3.05, 3.63) is 52.9 Å². The quantitative estimate of drug-likeness (QED) is 0.566. The third-order valence-corrected chi connectivity index (χ3v) is 3.24. The molecule has 1 aromatic heterocycles. The number of carbonyl (C=O) groups is 3. The van der Waals surface area contributed by atoms with Crippen LogP contribution in [0.1, 0.15) is 12.7 Å². The molecule has 0 spiro atoms. The Bertz CT molecular complexity index is 796. The van der Waals surface area contributed by atoms with Gasteiger partial charge in [-0.3, -0.25) is 9.59 Å². The Morgan fingerprint density at radius 2 is 1.72 bits per heavy atom. The maximum atomic E-state index is 11.8. The number of carbonyl (C=O) groups excluding carboxylic acids is 3. The second-order valence-electron chi connectivity index (χ2n) is 4.89. The summed E-state index contributed by atoms with van der Waals surface area (Å²) in [7, 11) is 0. The molecule has 0 aliphatic rings. The van der Waals surface area contributed by atoms with Crippen LogP contribution in [-0.4, -0.2) is 24.4 Å². The highest BCUT2D eigenvalue weighted by Crippen LogP contribution is 2.15. The maximum Gasteiger partial charge on any atom is 0.331 e. The molecule has 0 radical (unpaired) electrons. The molecule has 7 nitrogen and oxygen atoms in total. The van der Waals surface area contributed by atoms with Crippen molar-refractivity contribution in [3.63, 3.8) is 0 Å². The summed E-state index contributed by atoms with van der Waals surface area (Å²) in [6.07, 6.45) is 2.60. The molecule has 0 aliphatic heterocycles. The molecule has 0 fully saturated rings. The Morgan fingerprint density at radius 3 is 2.28 bits per heavy atom. The third-order valence-electron chi connectivity index (χ3n) is 2.81. The fourth-order valence-electron chi connectivity index (χ4n) is 1.79. The number of ether oxygens (including phenoxy) is 1. The van der Waals surface area contributed by atoms with Crippen LogP contribution in [0.3, 0.4) is 0 Å². The smallest absolute Gasteiger partial charge is 0.331 e. The van der Waals surface area contributed by atoms with Gasteiger partial charge in [0.05, 0.1) is 0 Å². The van der Waals surface area contributed by atoms with E-state index in [0.717, 1.165) is 0 Å². The number of hydrogen-bond donors (Lipinski definition) is 2. The molecule has 1 heterocycles. The summed E-state index contributed by atoms with van der Waals surface area (Å²) in [6.45, 7) is 0.988. The van der Waals surface area contributed by atoms with Gasteiger partial charge in [-0.05, 0) is 58.4 Å². The van der Waals surface area contributed by atoms with Gasteiger partial charge in [0.1, 0.15) is 5.76 Å². The number of amides is 2. The minimum absolute atomic E-state index is 0.182. The Labute approximate surface area is 152 Å². The molecule has 2 amide bonds. The number of anilines is 2. The molecule has 1 aromatic carbocycles. The van der Waals surface area contributed by atoms with Gasteiger partial charge in [-0.15, -0.1) is 0 Å². The minimum atomic E-state index is -0.663. The van der Waals surface area contributed by atoms with Crippen LogP contribution in [0.5, 0.6) is 0 Å². The van der Waals surface area contributed by atoms with E-state index in [2.05, 4.69) is 26.6 Å². The molecule has 2 aromatic rings. The highest BCUT2D eigenvalue weighted by atomic mass is 79.9. The summed E-state index contributed by atoms with van der Waals surface area (Å²) in [4.78, 5) is 34.2. The predicted molar refractivity (Wildman–Crippen MR) is 95.8 cm³/mol. The predicted octanol–water partition coefficient (Wildman–Crippen LogP) is 3.20. The topological polar surface area (TPSA) is 97.6 Å². The highest BCUT2D eigenvalue weighted by Gasteiger charge is 2.06. The number of benzene rings is 1. The van der Waals surface area contributed by atoms with Crippen LogP contribution in [-0.2, 0) is 19.1 Å². The van der Waals surface area contributed by atoms with Gasteiger partial charge in [-0.2, -0.15) is 0 Å². The van der Waals surface area contributed by atoms with Crippen LogP contribution in [0, 0.1) is 0 Å². The van der Waals surface area contributed by atoms with Crippen molar-refractivity contribution < 1.29 is 23.5 Å². The molecule has 0 saturated heterocycles. The number of hydrogen-bond acceptors (Lipinski definition) is 5. The SMILES string of the molecule is CC(=O)Nc1ccc(NC(=O)COC(=O)C=Cc2ccc(Br)o2)cc1. The van der Waals surface area contributed by atoms with E-state index in [4.69, 9.17) is 9.15 Å². The lowest BCUT2D eigenvalue weighted by Gasteiger charge is -2.07. The zero-order valence-electron chi connectivity index (χ0n) is 13.2. The van der Waals surface area contributed by atoms with Crippen LogP contribution < -0.4 is 10.6 Å². The molecule has 2 N–H and O–H groups in total. The summed E-state index contributed by atoms with van der Waals surface area (Å²) < 4.78 is 10.6. The van der Waals surface area contributed by atoms with E-state index in [1.807, 2.05) is 0 Å². The first-order chi connectivity index (χ1) is 11.9. The van der Waals surface area contributed by atoms with Gasteiger partial charge < -0.3 is 19.8 Å². The van der Waals surface area contributed by atoms with E-state index in [1.54, 1.807) is 36.4 Å². The molecular weight excluding hydrogens is 392 g/mol. The second kappa shape index (κ2) is 8.84. The monoisotopic (exact) mass is 406 g/mol. The lowest BCUT2D eigenvalue weighted by atomic mass is 10.2. The van der Waals surface area contributed by atoms with Gasteiger partial charge >= 0.3 is 5.97 Å². The Balaban J connectivity index is 1.77. The molecule has 0 saturated carbocycles. The summed E-state index contributed by atoms with van der Waals surface area (Å²) in [5, 5.41) is 5.19. The number of esters is 1. The Kier molecular flexibility index (Phi) is 6.53. The van der Waals surface area contributed by atoms with Crippen LogP contribution in [0.25, 0.3) is 6.08 Å². The Hall–Kier alpha value is -2.87. The second-order valence-corrected chi connectivity index (χ2v) is 5.67. The van der Waals surface area contributed by atoms with Gasteiger partial charge in [-0.1, -0.05) is 0 Å². The number of furan rings is 1. The zero-order chi connectivity index (χ0) is 18.2. The van der Waals surface area contributed by atoms with E-state index in [9.17, 15) is 14.4 Å². The molecule has 25 heavy (non-hydrogen) atoms. The van der Waals surface area contributed by atoms with Gasteiger partial charge in [0.2, 0.25) is 5.91 Å². The summed E-state index contributed by atoms with van der Waals surface area (Å²) >= 11 is 3.15. The van der Waals surface area contributed by atoms with Crippen LogP contribution in [0.15, 0.2) is 51.6 Å². The molecule has 8 heteroatoms. The summed E-state index contributed by atoms with van der Waals surface area (Å²) in [6, 6.07) is 9.90. The lowest BCUT2D eigenvalue weighted by molar-refractivity contribution is -0.142. The van der Waals surface area contributed by atoms with Crippen molar-refractivity contribution in [2.45, 2.75) is 6.92 Å². The van der Waals surface area contributed by atoms with Crippen LogP contribution >= 0.6 is 15.9 Å². The minimum Gasteiger partial charge on any atom is -0.452 e. The Morgan fingerprint density at radius 1 is 1.08 bits per heavy atom. The van der Waals surface area contributed by atoms with E-state index in [-0.39, 0.29) is 5.91 Å². The van der Waals surface area contributed by atoms with Gasteiger partial charge in [-0.25, -0.2) is 4.79 Å². The lowest BCUT2D eigenvalue weighted by Crippen LogP contribution is -2.20. The standard InChI is InChI=1S/C17H15BrN2O5/c1-11(21)19-12-2-4-13(5-3-12)20-16(22)10-24-17(23)9-7-14-6-8-15(18)25-14/h2-9H,10H2,1H3,(H,19,21)(H,20,22). The van der Waals surface area contributed by atoms with Gasteiger partial charge in [0.15, 0.2) is 11.3 Å². The fourth-order valence-corrected chi connectivity index (χ4v) is 2.11. The summed E-state index contributed by atoms with van der Waals surface area (Å²) in [5.41, 5.74) is 1.14. The molecule has 2 rings (SSSR count). The molecule has 0 unspecified atom stereocenters. The molecular formula is C17H15BrN2O5. The van der Waals surface area contributed by atoms with Gasteiger partial charge in [0, 0.05) is 24.4 Å². The van der Waals surface area contributed by atoms with Crippen molar-refractivity contribution in [2.24, 2.45) is 0 Å². The average molecular weight is 407 g/mol. The summed E-state index contributed by atoms with van der Waals surface area (Å²) in [5.74, 6) is -0.843. The molecule has 0 bridgehead atoms. The number of halogens is 1. The van der Waals surface area contributed by atoms with Crippen molar-refractivity contribution in [1.82, 2.24) is 0 Å². The van der Waals surface area contributed by atoms with E-state index < -0.39 is 18.5 Å². The van der Waals surface area contributed by atoms with Crippen molar-refractivity contribution in [3.8, 4) is 0 Å². The van der Waals surface area contributed by atoms with Crippen molar-refractivity contribution in [1.29, 1.82) is 0 Å². The first-order valence-corrected chi connectivity index (χ1v) is 7.99. The highest BCUT2D eigenvalue weighted by molar-refractivity contribution is 9.10. The van der Waals surface area contributed by atoms with Gasteiger partial charge in [0.25, 0.3) is 5.91 Å². The molecule has 130 valence electrons. The zero-order valence-corrected chi connectivity index (χ0v) is 14.8. The van der Waals surface area contributed by atoms with Crippen molar-refractivity contribution in [2.75, 3.05) is 17.2 Å². The normalized spacial score (nSPS) is 10.5. The van der Waals surface area contributed by atoms with Crippen molar-refractivity contribution >= 4 is 51.2 Å². The first kappa shape index (κ1) is 18.5. The fraction of sp³-hybridized carbons (Fsp3) is 0.118. The number of rotatable bonds is 6. The third kappa shape index (κ3) is 6.64. The van der Waals surface area contributed by atoms with E-state index in [0.29, 0.717) is 21.8 Å². The maximum absolute atomic E-state index is 11.8. The van der Waals surface area contributed by atoms with E-state index in [1.165, 1.54) is 19.1 Å². The van der Waals surface area contributed by atoms with E-state index >= 15 is 0 Å². The largest absolute Gasteiger partial charge is 0.452 e. The average Bonchev–Trinajstić information content (AvgIpc) is 2.98. The molecule has 0 aliphatic carbocycles. The van der Waals surface area contributed by atoms with Crippen LogP contribution in [0.4, 0.5) is 11.4 Å². The first-order valence-electron chi connectivity index (χ1n) is 7.20.